The van der Waals surface area contributed by atoms with Crippen molar-refractivity contribution >= 4 is 49.7 Å². The van der Waals surface area contributed by atoms with Crippen molar-refractivity contribution in [1.82, 2.24) is 0 Å². The van der Waals surface area contributed by atoms with E-state index >= 15 is 0 Å². The molecule has 244 valence electrons. The number of allylic oxidation sites excluding steroid dienone is 6. The van der Waals surface area contributed by atoms with Crippen LogP contribution in [0.4, 0.5) is 0 Å². The summed E-state index contributed by atoms with van der Waals surface area (Å²) in [6.45, 7) is 10.7. The van der Waals surface area contributed by atoms with E-state index in [9.17, 15) is 0 Å². The fourth-order valence-electron chi connectivity index (χ4n) is 5.06. The first-order valence-corrected chi connectivity index (χ1v) is 19.6. The van der Waals surface area contributed by atoms with E-state index in [-0.39, 0.29) is 119 Å². The van der Waals surface area contributed by atoms with Crippen LogP contribution in [0.1, 0.15) is 0 Å². The predicted octanol–water partition coefficient (Wildman–Crippen LogP) is -3.06. The molecule has 0 atom stereocenters. The van der Waals surface area contributed by atoms with E-state index < -0.39 is 0 Å². The van der Waals surface area contributed by atoms with Crippen LogP contribution in [-0.2, 0) is 61.9 Å². The molecule has 2 aliphatic heterocycles. The Morgan fingerprint density at radius 3 is 1.60 bits per heavy atom. The number of hydrogen-bond donors (Lipinski definition) is 0. The topological polar surface area (TPSA) is 18.5 Å². The van der Waals surface area contributed by atoms with Crippen LogP contribution < -0.4 is 49.6 Å². The molecule has 2 nitrogen and oxygen atoms in total. The van der Waals surface area contributed by atoms with Gasteiger partial charge in [0, 0.05) is 33.5 Å². The molecule has 2 heterocycles. The normalized spacial score (nSPS) is 13.3. The quantitative estimate of drug-likeness (QED) is 0.158. The first-order chi connectivity index (χ1) is 20.4. The van der Waals surface area contributed by atoms with Gasteiger partial charge in [-0.2, -0.15) is 35.0 Å². The zero-order valence-electron chi connectivity index (χ0n) is 27.4. The summed E-state index contributed by atoms with van der Waals surface area (Å²) in [5.41, 5.74) is 11.3. The molecule has 10 heteroatoms. The van der Waals surface area contributed by atoms with Gasteiger partial charge in [0.25, 0.3) is 0 Å². The molecule has 0 spiro atoms. The van der Waals surface area contributed by atoms with Gasteiger partial charge in [-0.05, 0) is 41.5 Å². The number of ether oxygens (including phenoxy) is 2. The number of benzene rings is 2. The molecule has 48 heavy (non-hydrogen) atoms. The Bertz CT molecular complexity index is 1640. The van der Waals surface area contributed by atoms with Gasteiger partial charge >= 0.3 is 52.4 Å². The van der Waals surface area contributed by atoms with Crippen LogP contribution in [0.3, 0.4) is 0 Å². The van der Waals surface area contributed by atoms with Crippen LogP contribution >= 0.6 is 0 Å². The van der Waals surface area contributed by atoms with Gasteiger partial charge in [-0.3, -0.25) is 0 Å². The predicted molar refractivity (Wildman–Crippen MR) is 187 cm³/mol. The van der Waals surface area contributed by atoms with Crippen molar-refractivity contribution in [3.05, 3.63) is 155 Å². The maximum Gasteiger partial charge on any atom is 4.00 e. The summed E-state index contributed by atoms with van der Waals surface area (Å²) in [6.07, 6.45) is 12.8. The van der Waals surface area contributed by atoms with Gasteiger partial charge in [0.15, 0.2) is 0 Å². The minimum atomic E-state index is -0.269. The Morgan fingerprint density at radius 2 is 1.12 bits per heavy atom. The molecule has 0 aromatic heterocycles. The third kappa shape index (κ3) is 14.6. The summed E-state index contributed by atoms with van der Waals surface area (Å²) in [6, 6.07) is 29.3. The zero-order valence-corrected chi connectivity index (χ0v) is 37.4. The second-order valence-electron chi connectivity index (χ2n) is 11.1. The minimum absolute atomic E-state index is 0. The van der Waals surface area contributed by atoms with E-state index in [1.165, 1.54) is 49.4 Å². The van der Waals surface area contributed by atoms with Crippen LogP contribution in [0.15, 0.2) is 155 Å². The maximum atomic E-state index is 5.40. The summed E-state index contributed by atoms with van der Waals surface area (Å²) >= 11 is 0. The summed E-state index contributed by atoms with van der Waals surface area (Å²) in [7, 11) is -0.522. The Balaban J connectivity index is 0. The zero-order chi connectivity index (χ0) is 29.3. The first-order valence-electron chi connectivity index (χ1n) is 14.5. The van der Waals surface area contributed by atoms with E-state index in [2.05, 4.69) is 153 Å². The van der Waals surface area contributed by atoms with Gasteiger partial charge in [-0.25, -0.2) is 0 Å². The van der Waals surface area contributed by atoms with Gasteiger partial charge in [0.2, 0.25) is 0 Å². The van der Waals surface area contributed by atoms with E-state index in [4.69, 9.17) is 9.47 Å². The fraction of sp³-hybridized carbons (Fsp3) is 0.158. The number of fused-ring (bicyclic) bond motifs is 4. The van der Waals surface area contributed by atoms with Crippen molar-refractivity contribution in [2.75, 3.05) is 13.2 Å². The van der Waals surface area contributed by atoms with Crippen LogP contribution in [0.2, 0.25) is 26.2 Å². The average molecular weight is 907 g/mol. The molecule has 0 saturated carbocycles. The van der Waals surface area contributed by atoms with Crippen LogP contribution in [0, 0.1) is 0 Å². The van der Waals surface area contributed by atoms with E-state index in [0.29, 0.717) is 0 Å². The molecule has 2 aliphatic carbocycles. The van der Waals surface area contributed by atoms with E-state index in [1.807, 2.05) is 6.26 Å². The Hall–Kier alpha value is -1.20. The second kappa shape index (κ2) is 24.9. The van der Waals surface area contributed by atoms with Gasteiger partial charge in [-0.1, -0.05) is 49.7 Å². The Kier molecular flexibility index (Phi) is 25.3. The van der Waals surface area contributed by atoms with Crippen LogP contribution in [0.5, 0.6) is 0 Å². The smallest absolute Gasteiger partial charge is 1.00 e. The molecule has 0 radical (unpaired) electrons. The largest absolute Gasteiger partial charge is 4.00 e. The molecule has 4 aliphatic rings. The van der Waals surface area contributed by atoms with Gasteiger partial charge < -0.3 is 59.1 Å². The fourth-order valence-corrected chi connectivity index (χ4v) is 6.73. The summed E-state index contributed by atoms with van der Waals surface area (Å²) in [5.74, 6) is 1.06. The van der Waals surface area contributed by atoms with E-state index in [0.717, 1.165) is 19.0 Å². The summed E-state index contributed by atoms with van der Waals surface area (Å²) < 4.78 is 10.6. The van der Waals surface area contributed by atoms with Gasteiger partial charge in [0.1, 0.15) is 19.0 Å². The summed E-state index contributed by atoms with van der Waals surface area (Å²) in [5, 5.41) is 5.32. The summed E-state index contributed by atoms with van der Waals surface area (Å²) in [4.78, 5) is 0. The molecule has 4 aromatic rings. The third-order valence-corrected chi connectivity index (χ3v) is 8.76. The molecule has 0 saturated heterocycles. The molecule has 0 unspecified atom stereocenters. The standard InChI is InChI=1S/2C10H12OSi.2C9H7.4ClH.2Zr/c1-12(2)7-8-3-9-5-11-6-10(9)4-8;1-12(2)7-8-5-9-3-4-11-10(9)6-8;2*1-2-5-9-7-3-6-8(9)4-1;;;;;;/h3-5,7H,6H2,1-2H3;3,5-7H,4H2,1-2H3;2*1-7H;4*1H;;/q;;2*-1;;;;;2*+4/p-4. The SMILES string of the molecule is C[Si](C)=CC1=CC2=CCOC2=C1.C[Si](C)=CC1=CC2=COCC2=C1.[Cl-].[Cl-].[Cl-].[Cl-].[Zr+4].[Zr+4].c1ccc2[cH-]ccc2c1.c1ccc2[cH-]ccc2c1. The average Bonchev–Trinajstić information content (AvgIpc) is 3.78. The van der Waals surface area contributed by atoms with Crippen molar-refractivity contribution < 1.29 is 112 Å². The molecule has 0 bridgehead atoms. The Labute approximate surface area is 352 Å². The Morgan fingerprint density at radius 1 is 0.625 bits per heavy atom. The van der Waals surface area contributed by atoms with Crippen molar-refractivity contribution in [3.8, 4) is 0 Å². The number of halogens is 4. The maximum absolute atomic E-state index is 5.40. The number of rotatable bonds is 2. The first kappa shape index (κ1) is 48.9. The van der Waals surface area contributed by atoms with Crippen molar-refractivity contribution in [1.29, 1.82) is 0 Å². The van der Waals surface area contributed by atoms with E-state index in [1.54, 1.807) is 0 Å². The van der Waals surface area contributed by atoms with Crippen molar-refractivity contribution in [3.63, 3.8) is 0 Å². The van der Waals surface area contributed by atoms with Gasteiger partial charge in [-0.15, -0.1) is 59.3 Å². The minimum Gasteiger partial charge on any atom is -1.00 e. The number of hydrogen-bond acceptors (Lipinski definition) is 2. The third-order valence-electron chi connectivity index (χ3n) is 6.94. The van der Waals surface area contributed by atoms with Crippen LogP contribution in [-0.4, -0.2) is 41.4 Å². The monoisotopic (exact) mass is 902 g/mol. The molecule has 8 rings (SSSR count). The van der Waals surface area contributed by atoms with Crippen molar-refractivity contribution in [2.45, 2.75) is 26.2 Å². The molecular weight excluding hydrogens is 869 g/mol. The van der Waals surface area contributed by atoms with Crippen LogP contribution in [0.25, 0.3) is 21.5 Å². The molecule has 0 fully saturated rings. The molecule has 0 N–H and O–H groups in total. The molecule has 0 amide bonds. The molecule has 4 aromatic carbocycles. The van der Waals surface area contributed by atoms with Gasteiger partial charge in [0.05, 0.1) is 6.26 Å². The second-order valence-corrected chi connectivity index (χ2v) is 16.0. The molecular formula is C38H38Cl4O2Si2Zr2+2. The van der Waals surface area contributed by atoms with Crippen molar-refractivity contribution in [2.24, 2.45) is 0 Å².